The minimum absolute atomic E-state index is 0. The first-order chi connectivity index (χ1) is 7.66. The van der Waals surface area contributed by atoms with Gasteiger partial charge in [-0.05, 0) is 6.07 Å². The van der Waals surface area contributed by atoms with Gasteiger partial charge in [-0.1, -0.05) is 17.4 Å². The van der Waals surface area contributed by atoms with E-state index in [-0.39, 0.29) is 29.1 Å². The first-order valence-electron chi connectivity index (χ1n) is 4.71. The largest absolute Gasteiger partial charge is 1.00 e. The summed E-state index contributed by atoms with van der Waals surface area (Å²) in [6.45, 7) is 0.256. The number of thiazole rings is 1. The van der Waals surface area contributed by atoms with E-state index in [1.165, 1.54) is 17.4 Å². The monoisotopic (exact) mass is 321 g/mol. The first kappa shape index (κ1) is 14.2. The van der Waals surface area contributed by atoms with E-state index in [1.807, 2.05) is 10.9 Å². The molecule has 2 aromatic rings. The summed E-state index contributed by atoms with van der Waals surface area (Å²) in [5, 5.41) is 11.6. The van der Waals surface area contributed by atoms with Gasteiger partial charge >= 0.3 is 0 Å². The molecule has 0 spiro atoms. The van der Waals surface area contributed by atoms with Crippen molar-refractivity contribution >= 4 is 11.3 Å². The molecule has 0 amide bonds. The third-order valence-corrected chi connectivity index (χ3v) is 2.90. The van der Waals surface area contributed by atoms with E-state index in [0.717, 1.165) is 12.1 Å². The standard InChI is InChI=1S/C11H10F2NOS.BrH/c12-8-1-2-9(10(13)5-8)11(15)6-14-3-4-16-7-14;/h1-5,7,11,15H,6H2;1H/q+1;/p-1. The van der Waals surface area contributed by atoms with Gasteiger partial charge in [0.2, 0.25) is 5.51 Å². The molecule has 2 nitrogen and oxygen atoms in total. The zero-order chi connectivity index (χ0) is 11.5. The van der Waals surface area contributed by atoms with Gasteiger partial charge in [0.15, 0.2) is 12.7 Å². The van der Waals surface area contributed by atoms with Crippen molar-refractivity contribution < 1.29 is 35.4 Å². The van der Waals surface area contributed by atoms with E-state index in [2.05, 4.69) is 0 Å². The number of aliphatic hydroxyl groups excluding tert-OH is 1. The number of nitrogens with zero attached hydrogens (tertiary/aromatic N) is 1. The molecule has 17 heavy (non-hydrogen) atoms. The minimum atomic E-state index is -0.972. The Hall–Kier alpha value is -0.850. The van der Waals surface area contributed by atoms with Crippen LogP contribution < -0.4 is 21.5 Å². The van der Waals surface area contributed by atoms with Crippen molar-refractivity contribution in [3.8, 4) is 0 Å². The lowest BCUT2D eigenvalue weighted by atomic mass is 10.1. The molecule has 6 heteroatoms. The second-order valence-electron chi connectivity index (χ2n) is 3.41. The van der Waals surface area contributed by atoms with Gasteiger partial charge in [0.25, 0.3) is 0 Å². The lowest BCUT2D eigenvalue weighted by molar-refractivity contribution is -0.700. The molecule has 1 aromatic carbocycles. The zero-order valence-electron chi connectivity index (χ0n) is 8.69. The van der Waals surface area contributed by atoms with E-state index in [4.69, 9.17) is 0 Å². The Morgan fingerprint density at radius 1 is 1.35 bits per heavy atom. The predicted molar refractivity (Wildman–Crippen MR) is 55.8 cm³/mol. The predicted octanol–water partition coefficient (Wildman–Crippen LogP) is -0.949. The van der Waals surface area contributed by atoms with E-state index >= 15 is 0 Å². The zero-order valence-corrected chi connectivity index (χ0v) is 11.1. The quantitative estimate of drug-likeness (QED) is 0.724. The van der Waals surface area contributed by atoms with Gasteiger partial charge in [-0.25, -0.2) is 8.78 Å². The summed E-state index contributed by atoms with van der Waals surface area (Å²) in [7, 11) is 0. The summed E-state index contributed by atoms with van der Waals surface area (Å²) in [6, 6.07) is 3.18. The fraction of sp³-hybridized carbons (Fsp3) is 0.182. The van der Waals surface area contributed by atoms with Crippen LogP contribution in [-0.4, -0.2) is 5.11 Å². The highest BCUT2D eigenvalue weighted by atomic mass is 79.9. The van der Waals surface area contributed by atoms with Crippen molar-refractivity contribution in [3.05, 3.63) is 52.5 Å². The Balaban J connectivity index is 0.00000144. The number of rotatable bonds is 3. The summed E-state index contributed by atoms with van der Waals surface area (Å²) in [6.07, 6.45) is 0.815. The Kier molecular flexibility index (Phi) is 5.17. The summed E-state index contributed by atoms with van der Waals surface area (Å²) in [5.41, 5.74) is 1.92. The maximum atomic E-state index is 13.3. The van der Waals surface area contributed by atoms with Gasteiger partial charge in [-0.3, -0.25) is 0 Å². The molecule has 1 aromatic heterocycles. The third-order valence-electron chi connectivity index (χ3n) is 2.23. The highest BCUT2D eigenvalue weighted by Gasteiger charge is 2.17. The molecule has 0 saturated heterocycles. The molecule has 0 fully saturated rings. The average Bonchev–Trinajstić information content (AvgIpc) is 2.70. The van der Waals surface area contributed by atoms with E-state index in [0.29, 0.717) is 0 Å². The Morgan fingerprint density at radius 2 is 2.12 bits per heavy atom. The average molecular weight is 322 g/mol. The van der Waals surface area contributed by atoms with Gasteiger partial charge in [-0.2, -0.15) is 4.57 Å². The Labute approximate surface area is 112 Å². The smallest absolute Gasteiger partial charge is 0.224 e. The highest BCUT2D eigenvalue weighted by molar-refractivity contribution is 7.07. The summed E-state index contributed by atoms with van der Waals surface area (Å²) < 4.78 is 27.7. The molecule has 0 radical (unpaired) electrons. The Bertz CT molecular complexity index is 478. The molecule has 1 heterocycles. The molecular formula is C11H10BrF2NOS. The molecule has 0 aliphatic rings. The maximum absolute atomic E-state index is 13.3. The molecule has 2 rings (SSSR count). The van der Waals surface area contributed by atoms with Crippen LogP contribution in [0.15, 0.2) is 35.3 Å². The maximum Gasteiger partial charge on any atom is 0.224 e. The normalized spacial score (nSPS) is 11.9. The summed E-state index contributed by atoms with van der Waals surface area (Å²) >= 11 is 1.48. The van der Waals surface area contributed by atoms with Crippen molar-refractivity contribution in [2.75, 3.05) is 0 Å². The molecule has 0 aliphatic carbocycles. The van der Waals surface area contributed by atoms with Crippen molar-refractivity contribution in [3.63, 3.8) is 0 Å². The van der Waals surface area contributed by atoms with Crippen LogP contribution in [0.1, 0.15) is 11.7 Å². The number of hydrogen-bond acceptors (Lipinski definition) is 2. The van der Waals surface area contributed by atoms with Crippen LogP contribution in [0.4, 0.5) is 8.78 Å². The third kappa shape index (κ3) is 3.55. The molecule has 92 valence electrons. The van der Waals surface area contributed by atoms with Crippen LogP contribution in [0.2, 0.25) is 0 Å². The molecular weight excluding hydrogens is 312 g/mol. The van der Waals surface area contributed by atoms with Crippen molar-refractivity contribution in [2.24, 2.45) is 0 Å². The molecule has 1 unspecified atom stereocenters. The lowest BCUT2D eigenvalue weighted by Crippen LogP contribution is -3.00. The van der Waals surface area contributed by atoms with Crippen LogP contribution in [-0.2, 0) is 6.54 Å². The number of aliphatic hydroxyl groups is 1. The molecule has 1 atom stereocenters. The van der Waals surface area contributed by atoms with Crippen molar-refractivity contribution in [1.82, 2.24) is 0 Å². The first-order valence-corrected chi connectivity index (χ1v) is 5.65. The molecule has 0 saturated carbocycles. The van der Waals surface area contributed by atoms with Gasteiger partial charge in [0, 0.05) is 11.6 Å². The summed E-state index contributed by atoms with van der Waals surface area (Å²) in [5.74, 6) is -1.36. The fourth-order valence-corrected chi connectivity index (χ4v) is 2.04. The van der Waals surface area contributed by atoms with E-state index < -0.39 is 17.7 Å². The SMILES string of the molecule is OC(C[n+]1ccsc1)c1ccc(F)cc1F.[Br-]. The van der Waals surface area contributed by atoms with E-state index in [1.54, 1.807) is 10.8 Å². The second-order valence-corrected chi connectivity index (χ2v) is 4.16. The van der Waals surface area contributed by atoms with Crippen LogP contribution in [0.3, 0.4) is 0 Å². The molecule has 0 bridgehead atoms. The number of hydrogen-bond donors (Lipinski definition) is 1. The summed E-state index contributed by atoms with van der Waals surface area (Å²) in [4.78, 5) is 0. The van der Waals surface area contributed by atoms with Crippen molar-refractivity contribution in [2.45, 2.75) is 12.6 Å². The second kappa shape index (κ2) is 6.18. The topological polar surface area (TPSA) is 24.1 Å². The van der Waals surface area contributed by atoms with E-state index in [9.17, 15) is 13.9 Å². The fourth-order valence-electron chi connectivity index (χ4n) is 1.44. The van der Waals surface area contributed by atoms with Crippen molar-refractivity contribution in [1.29, 1.82) is 0 Å². The Morgan fingerprint density at radius 3 is 2.71 bits per heavy atom. The van der Waals surface area contributed by atoms with Crippen LogP contribution in [0, 0.1) is 11.6 Å². The minimum Gasteiger partial charge on any atom is -1.00 e. The highest BCUT2D eigenvalue weighted by Crippen LogP contribution is 2.18. The van der Waals surface area contributed by atoms with Gasteiger partial charge < -0.3 is 22.1 Å². The van der Waals surface area contributed by atoms with Crippen LogP contribution >= 0.6 is 11.3 Å². The van der Waals surface area contributed by atoms with Crippen LogP contribution in [0.25, 0.3) is 0 Å². The lowest BCUT2D eigenvalue weighted by Gasteiger charge is -2.07. The molecule has 0 aliphatic heterocycles. The van der Waals surface area contributed by atoms with Crippen LogP contribution in [0.5, 0.6) is 0 Å². The molecule has 1 N–H and O–H groups in total. The number of halogens is 3. The van der Waals surface area contributed by atoms with Gasteiger partial charge in [0.05, 0.1) is 5.38 Å². The number of aromatic nitrogens is 1. The van der Waals surface area contributed by atoms with Gasteiger partial charge in [0.1, 0.15) is 17.7 Å². The number of benzene rings is 1. The van der Waals surface area contributed by atoms with Gasteiger partial charge in [-0.15, -0.1) is 0 Å².